The van der Waals surface area contributed by atoms with Crippen LogP contribution in [-0.2, 0) is 0 Å². The summed E-state index contributed by atoms with van der Waals surface area (Å²) >= 11 is 0. The predicted octanol–water partition coefficient (Wildman–Crippen LogP) is 3.60. The summed E-state index contributed by atoms with van der Waals surface area (Å²) < 4.78 is 12.5. The van der Waals surface area contributed by atoms with Crippen LogP contribution in [0, 0.1) is 0 Å². The minimum Gasteiger partial charge on any atom is -0.497 e. The van der Waals surface area contributed by atoms with Gasteiger partial charge < -0.3 is 18.9 Å². The van der Waals surface area contributed by atoms with Crippen LogP contribution in [0.25, 0.3) is 22.6 Å². The second kappa shape index (κ2) is 8.30. The molecule has 4 heterocycles. The predicted molar refractivity (Wildman–Crippen MR) is 120 cm³/mol. The number of rotatable bonds is 5. The van der Waals surface area contributed by atoms with Crippen molar-refractivity contribution < 1.29 is 14.3 Å². The van der Waals surface area contributed by atoms with Gasteiger partial charge in [0.1, 0.15) is 17.1 Å². The van der Waals surface area contributed by atoms with E-state index in [1.807, 2.05) is 41.3 Å². The molecule has 1 atom stereocenters. The first-order valence-corrected chi connectivity index (χ1v) is 10.4. The number of fused-ring (bicyclic) bond motifs is 1. The summed E-state index contributed by atoms with van der Waals surface area (Å²) in [6.45, 7) is 1.24. The molecule has 8 heteroatoms. The molecule has 1 aliphatic rings. The van der Waals surface area contributed by atoms with Crippen LogP contribution in [0.3, 0.4) is 0 Å². The summed E-state index contributed by atoms with van der Waals surface area (Å²) in [5.74, 6) is 2.08. The van der Waals surface area contributed by atoms with Crippen LogP contribution >= 0.6 is 0 Å². The molecule has 0 spiro atoms. The van der Waals surface area contributed by atoms with E-state index in [0.29, 0.717) is 24.5 Å². The van der Waals surface area contributed by atoms with Crippen LogP contribution in [0.4, 0.5) is 0 Å². The SMILES string of the molecule is COc1ccc(-c2nc3cccnc3n2[C@@H]2CCN(C(=O)c3ccc(OC)nc3)C2)cc1. The third kappa shape index (κ3) is 3.53. The zero-order valence-corrected chi connectivity index (χ0v) is 17.9. The lowest BCUT2D eigenvalue weighted by Gasteiger charge is -2.19. The van der Waals surface area contributed by atoms with Gasteiger partial charge in [-0.25, -0.2) is 15.0 Å². The van der Waals surface area contributed by atoms with Gasteiger partial charge in [0, 0.05) is 37.1 Å². The Balaban J connectivity index is 1.47. The number of benzene rings is 1. The van der Waals surface area contributed by atoms with Crippen molar-refractivity contribution in [2.75, 3.05) is 27.3 Å². The number of carbonyl (C=O) groups is 1. The number of carbonyl (C=O) groups excluding carboxylic acids is 1. The Morgan fingerprint density at radius 2 is 1.88 bits per heavy atom. The van der Waals surface area contributed by atoms with E-state index in [1.165, 1.54) is 0 Å². The number of methoxy groups -OCH3 is 2. The van der Waals surface area contributed by atoms with E-state index >= 15 is 0 Å². The molecule has 1 saturated heterocycles. The van der Waals surface area contributed by atoms with Gasteiger partial charge in [-0.2, -0.15) is 0 Å². The second-order valence-electron chi connectivity index (χ2n) is 7.66. The molecule has 0 unspecified atom stereocenters. The highest BCUT2D eigenvalue weighted by Gasteiger charge is 2.31. The van der Waals surface area contributed by atoms with E-state index in [1.54, 1.807) is 38.7 Å². The Hall–Kier alpha value is -3.94. The summed E-state index contributed by atoms with van der Waals surface area (Å²) in [6.07, 6.45) is 4.16. The zero-order valence-electron chi connectivity index (χ0n) is 17.9. The second-order valence-corrected chi connectivity index (χ2v) is 7.66. The van der Waals surface area contributed by atoms with Crippen molar-refractivity contribution >= 4 is 17.1 Å². The summed E-state index contributed by atoms with van der Waals surface area (Å²) in [6, 6.07) is 15.2. The molecule has 3 aromatic heterocycles. The van der Waals surface area contributed by atoms with Gasteiger partial charge in [-0.3, -0.25) is 4.79 Å². The van der Waals surface area contributed by atoms with Crippen molar-refractivity contribution in [1.29, 1.82) is 0 Å². The highest BCUT2D eigenvalue weighted by molar-refractivity contribution is 5.94. The molecule has 8 nitrogen and oxygen atoms in total. The maximum atomic E-state index is 13.0. The number of nitrogens with zero attached hydrogens (tertiary/aromatic N) is 5. The van der Waals surface area contributed by atoms with Gasteiger partial charge in [0.05, 0.1) is 25.8 Å². The van der Waals surface area contributed by atoms with E-state index in [4.69, 9.17) is 14.5 Å². The number of likely N-dealkylation sites (tertiary alicyclic amines) is 1. The molecule has 0 aliphatic carbocycles. The van der Waals surface area contributed by atoms with Gasteiger partial charge in [0.15, 0.2) is 5.65 Å². The lowest BCUT2D eigenvalue weighted by Crippen LogP contribution is -2.29. The first-order valence-electron chi connectivity index (χ1n) is 10.4. The third-order valence-corrected chi connectivity index (χ3v) is 5.81. The number of amides is 1. The van der Waals surface area contributed by atoms with Gasteiger partial charge in [-0.15, -0.1) is 0 Å². The number of aromatic nitrogens is 4. The van der Waals surface area contributed by atoms with Crippen molar-refractivity contribution in [2.45, 2.75) is 12.5 Å². The molecule has 1 amide bonds. The fraction of sp³-hybridized carbons (Fsp3) is 0.250. The van der Waals surface area contributed by atoms with Crippen LogP contribution < -0.4 is 9.47 Å². The maximum absolute atomic E-state index is 13.0. The highest BCUT2D eigenvalue weighted by Crippen LogP contribution is 2.33. The maximum Gasteiger partial charge on any atom is 0.255 e. The van der Waals surface area contributed by atoms with Gasteiger partial charge >= 0.3 is 0 Å². The van der Waals surface area contributed by atoms with Gasteiger partial charge in [0.25, 0.3) is 5.91 Å². The summed E-state index contributed by atoms with van der Waals surface area (Å²) in [4.78, 5) is 28.5. The van der Waals surface area contributed by atoms with E-state index in [-0.39, 0.29) is 11.9 Å². The molecule has 0 N–H and O–H groups in total. The van der Waals surface area contributed by atoms with Gasteiger partial charge in [-0.1, -0.05) is 0 Å². The van der Waals surface area contributed by atoms with E-state index < -0.39 is 0 Å². The van der Waals surface area contributed by atoms with Crippen molar-refractivity contribution in [3.05, 3.63) is 66.5 Å². The monoisotopic (exact) mass is 429 g/mol. The molecule has 0 bridgehead atoms. The minimum absolute atomic E-state index is 0.0361. The van der Waals surface area contributed by atoms with Gasteiger partial charge in [0.2, 0.25) is 5.88 Å². The minimum atomic E-state index is -0.0361. The van der Waals surface area contributed by atoms with Crippen molar-refractivity contribution in [3.63, 3.8) is 0 Å². The normalized spacial score (nSPS) is 15.8. The number of hydrogen-bond acceptors (Lipinski definition) is 6. The standard InChI is InChI=1S/C24H23N5O3/c1-31-19-8-5-16(6-9-19)22-27-20-4-3-12-25-23(20)29(22)18-11-13-28(15-18)24(30)17-7-10-21(32-2)26-14-17/h3-10,12,14,18H,11,13,15H2,1-2H3/t18-/m1/s1. The number of pyridine rings is 2. The first-order chi connectivity index (χ1) is 15.7. The average Bonchev–Trinajstić information content (AvgIpc) is 3.48. The molecule has 1 aromatic carbocycles. The number of ether oxygens (including phenoxy) is 2. The van der Waals surface area contributed by atoms with Crippen LogP contribution in [0.15, 0.2) is 60.9 Å². The average molecular weight is 429 g/mol. The molecule has 0 saturated carbocycles. The smallest absolute Gasteiger partial charge is 0.255 e. The Morgan fingerprint density at radius 3 is 2.59 bits per heavy atom. The zero-order chi connectivity index (χ0) is 22.1. The van der Waals surface area contributed by atoms with Crippen LogP contribution in [-0.4, -0.2) is 57.6 Å². The summed E-state index contributed by atoms with van der Waals surface area (Å²) in [7, 11) is 3.20. The van der Waals surface area contributed by atoms with E-state index in [0.717, 1.165) is 34.7 Å². The summed E-state index contributed by atoms with van der Waals surface area (Å²) in [5.41, 5.74) is 3.19. The molecule has 1 fully saturated rings. The Bertz CT molecular complexity index is 1250. The molecule has 0 radical (unpaired) electrons. The van der Waals surface area contributed by atoms with Crippen LogP contribution in [0.5, 0.6) is 11.6 Å². The Morgan fingerprint density at radius 1 is 1.03 bits per heavy atom. The molecule has 162 valence electrons. The van der Waals surface area contributed by atoms with E-state index in [9.17, 15) is 4.79 Å². The summed E-state index contributed by atoms with van der Waals surface area (Å²) in [5, 5.41) is 0. The quantitative estimate of drug-likeness (QED) is 0.482. The lowest BCUT2D eigenvalue weighted by molar-refractivity contribution is 0.0787. The van der Waals surface area contributed by atoms with Crippen LogP contribution in [0.1, 0.15) is 22.8 Å². The first kappa shape index (κ1) is 20.0. The lowest BCUT2D eigenvalue weighted by atomic mass is 10.2. The molecule has 1 aliphatic heterocycles. The highest BCUT2D eigenvalue weighted by atomic mass is 16.5. The Kier molecular flexibility index (Phi) is 5.18. The largest absolute Gasteiger partial charge is 0.497 e. The van der Waals surface area contributed by atoms with Crippen LogP contribution in [0.2, 0.25) is 0 Å². The van der Waals surface area contributed by atoms with Crippen molar-refractivity contribution in [1.82, 2.24) is 24.4 Å². The molecular formula is C24H23N5O3. The topological polar surface area (TPSA) is 82.4 Å². The van der Waals surface area contributed by atoms with Gasteiger partial charge in [-0.05, 0) is 48.9 Å². The number of imidazole rings is 1. The fourth-order valence-electron chi connectivity index (χ4n) is 4.17. The fourth-order valence-corrected chi connectivity index (χ4v) is 4.17. The van der Waals surface area contributed by atoms with Crippen molar-refractivity contribution in [2.24, 2.45) is 0 Å². The third-order valence-electron chi connectivity index (χ3n) is 5.81. The van der Waals surface area contributed by atoms with Crippen molar-refractivity contribution in [3.8, 4) is 23.0 Å². The Labute approximate surface area is 185 Å². The molecule has 32 heavy (non-hydrogen) atoms. The molecule has 5 rings (SSSR count). The van der Waals surface area contributed by atoms with E-state index in [2.05, 4.69) is 14.5 Å². The molecular weight excluding hydrogens is 406 g/mol. The number of hydrogen-bond donors (Lipinski definition) is 0. The molecule has 4 aromatic rings.